The van der Waals surface area contributed by atoms with Crippen LogP contribution in [0.25, 0.3) is 0 Å². The lowest BCUT2D eigenvalue weighted by Crippen LogP contribution is -2.30. The van der Waals surface area contributed by atoms with Gasteiger partial charge in [0.05, 0.1) is 17.2 Å². The molecule has 0 bridgehead atoms. The summed E-state index contributed by atoms with van der Waals surface area (Å²) in [5.74, 6) is 0.381. The molecular formula is C13H16N2O5S. The van der Waals surface area contributed by atoms with Crippen LogP contribution < -0.4 is 14.8 Å². The number of carbonyl (C=O) groups excluding carboxylic acids is 1. The fraction of sp³-hybridized carbons (Fsp3) is 0.462. The summed E-state index contributed by atoms with van der Waals surface area (Å²) in [6.07, 6.45) is 0.858. The highest BCUT2D eigenvalue weighted by Gasteiger charge is 2.23. The number of carbonyl (C=O) groups is 1. The fourth-order valence-electron chi connectivity index (χ4n) is 2.28. The zero-order valence-corrected chi connectivity index (χ0v) is 12.1. The smallest absolute Gasteiger partial charge is 0.262 e. The van der Waals surface area contributed by atoms with Crippen LogP contribution in [-0.2, 0) is 19.6 Å². The van der Waals surface area contributed by atoms with E-state index >= 15 is 0 Å². The predicted octanol–water partition coefficient (Wildman–Crippen LogP) is 0.332. The molecule has 0 aromatic heterocycles. The molecule has 0 aliphatic carbocycles. The second-order valence-corrected chi connectivity index (χ2v) is 6.84. The second-order valence-electron chi connectivity index (χ2n) is 5.08. The normalized spacial score (nSPS) is 21.5. The molecule has 2 aliphatic rings. The molecule has 0 radical (unpaired) electrons. The molecule has 2 N–H and O–H groups in total. The first-order valence-corrected chi connectivity index (χ1v) is 8.17. The lowest BCUT2D eigenvalue weighted by Gasteiger charge is -2.18. The van der Waals surface area contributed by atoms with Crippen molar-refractivity contribution in [3.63, 3.8) is 0 Å². The lowest BCUT2D eigenvalue weighted by atomic mass is 10.1. The minimum absolute atomic E-state index is 0.0565. The summed E-state index contributed by atoms with van der Waals surface area (Å²) in [6, 6.07) is 4.41. The Morgan fingerprint density at radius 3 is 3.00 bits per heavy atom. The number of nitrogens with one attached hydrogen (secondary N) is 2. The van der Waals surface area contributed by atoms with Crippen LogP contribution in [0.15, 0.2) is 23.1 Å². The lowest BCUT2D eigenvalue weighted by molar-refractivity contribution is -0.118. The Kier molecular flexibility index (Phi) is 3.83. The number of rotatable bonds is 4. The molecule has 1 fully saturated rings. The van der Waals surface area contributed by atoms with Crippen molar-refractivity contribution in [2.45, 2.75) is 11.3 Å². The van der Waals surface area contributed by atoms with Gasteiger partial charge >= 0.3 is 0 Å². The topological polar surface area (TPSA) is 93.7 Å². The van der Waals surface area contributed by atoms with E-state index < -0.39 is 10.0 Å². The Bertz CT molecular complexity index is 653. The first kappa shape index (κ1) is 14.3. The minimum atomic E-state index is -3.61. The Hall–Kier alpha value is -1.64. The van der Waals surface area contributed by atoms with Crippen LogP contribution in [0.3, 0.4) is 0 Å². The van der Waals surface area contributed by atoms with Gasteiger partial charge in [-0.25, -0.2) is 13.1 Å². The van der Waals surface area contributed by atoms with Gasteiger partial charge in [-0.15, -0.1) is 0 Å². The Balaban J connectivity index is 1.75. The molecule has 1 amide bonds. The number of anilines is 1. The van der Waals surface area contributed by atoms with Crippen LogP contribution >= 0.6 is 0 Å². The van der Waals surface area contributed by atoms with Gasteiger partial charge in [-0.2, -0.15) is 0 Å². The second kappa shape index (κ2) is 5.63. The quantitative estimate of drug-likeness (QED) is 0.836. The molecule has 8 heteroatoms. The van der Waals surface area contributed by atoms with Crippen LogP contribution in [0.4, 0.5) is 5.69 Å². The minimum Gasteiger partial charge on any atom is -0.482 e. The van der Waals surface area contributed by atoms with Crippen LogP contribution in [0, 0.1) is 5.92 Å². The summed E-state index contributed by atoms with van der Waals surface area (Å²) in [7, 11) is -3.61. The van der Waals surface area contributed by atoms with Gasteiger partial charge < -0.3 is 14.8 Å². The molecule has 3 rings (SSSR count). The summed E-state index contributed by atoms with van der Waals surface area (Å²) < 4.78 is 37.5. The Morgan fingerprint density at radius 1 is 1.38 bits per heavy atom. The van der Waals surface area contributed by atoms with Crippen molar-refractivity contribution in [2.75, 3.05) is 31.7 Å². The zero-order valence-electron chi connectivity index (χ0n) is 11.3. The van der Waals surface area contributed by atoms with Gasteiger partial charge in [-0.05, 0) is 30.5 Å². The highest BCUT2D eigenvalue weighted by Crippen LogP contribution is 2.30. The highest BCUT2D eigenvalue weighted by molar-refractivity contribution is 7.89. The van der Waals surface area contributed by atoms with Crippen LogP contribution in [0.1, 0.15) is 6.42 Å². The Labute approximate surface area is 122 Å². The van der Waals surface area contributed by atoms with E-state index in [0.717, 1.165) is 6.42 Å². The summed E-state index contributed by atoms with van der Waals surface area (Å²) in [6.45, 7) is 1.55. The highest BCUT2D eigenvalue weighted by atomic mass is 32.2. The average molecular weight is 312 g/mol. The average Bonchev–Trinajstić information content (AvgIpc) is 2.98. The standard InChI is InChI=1S/C13H16N2O5S/c16-13-8-20-12-2-1-10(5-11(12)15-13)21(17,18)14-6-9-3-4-19-7-9/h1-2,5,9,14H,3-4,6-8H2,(H,15,16)/t9-/m0/s1. The van der Waals surface area contributed by atoms with E-state index in [2.05, 4.69) is 10.0 Å². The van der Waals surface area contributed by atoms with Crippen molar-refractivity contribution in [1.29, 1.82) is 0 Å². The van der Waals surface area contributed by atoms with Crippen LogP contribution in [-0.4, -0.2) is 40.7 Å². The summed E-state index contributed by atoms with van der Waals surface area (Å²) in [5.41, 5.74) is 0.373. The van der Waals surface area contributed by atoms with Crippen molar-refractivity contribution in [2.24, 2.45) is 5.92 Å². The maximum absolute atomic E-state index is 12.3. The number of amides is 1. The van der Waals surface area contributed by atoms with Gasteiger partial charge in [0, 0.05) is 13.2 Å². The van der Waals surface area contributed by atoms with E-state index in [1.54, 1.807) is 6.07 Å². The van der Waals surface area contributed by atoms with Crippen molar-refractivity contribution >= 4 is 21.6 Å². The molecule has 21 heavy (non-hydrogen) atoms. The van der Waals surface area contributed by atoms with E-state index in [1.807, 2.05) is 0 Å². The molecule has 1 aromatic carbocycles. The predicted molar refractivity (Wildman–Crippen MR) is 74.7 cm³/mol. The first-order valence-electron chi connectivity index (χ1n) is 6.69. The first-order chi connectivity index (χ1) is 10.0. The third-order valence-electron chi connectivity index (χ3n) is 3.48. The third kappa shape index (κ3) is 3.17. The van der Waals surface area contributed by atoms with Crippen molar-refractivity contribution < 1.29 is 22.7 Å². The molecule has 1 atom stereocenters. The molecule has 7 nitrogen and oxygen atoms in total. The van der Waals surface area contributed by atoms with E-state index in [-0.39, 0.29) is 23.3 Å². The third-order valence-corrected chi connectivity index (χ3v) is 4.90. The molecule has 2 heterocycles. The number of sulfonamides is 1. The van der Waals surface area contributed by atoms with Gasteiger partial charge in [-0.3, -0.25) is 4.79 Å². The van der Waals surface area contributed by atoms with Gasteiger partial charge in [-0.1, -0.05) is 0 Å². The van der Waals surface area contributed by atoms with E-state index in [1.165, 1.54) is 12.1 Å². The van der Waals surface area contributed by atoms with Crippen molar-refractivity contribution in [1.82, 2.24) is 4.72 Å². The van der Waals surface area contributed by atoms with E-state index in [0.29, 0.717) is 31.2 Å². The van der Waals surface area contributed by atoms with Gasteiger partial charge in [0.2, 0.25) is 10.0 Å². The molecular weight excluding hydrogens is 296 g/mol. The maximum atomic E-state index is 12.3. The van der Waals surface area contributed by atoms with Gasteiger partial charge in [0.1, 0.15) is 5.75 Å². The number of hydrogen-bond donors (Lipinski definition) is 2. The van der Waals surface area contributed by atoms with Crippen LogP contribution in [0.5, 0.6) is 5.75 Å². The monoisotopic (exact) mass is 312 g/mol. The number of ether oxygens (including phenoxy) is 2. The zero-order chi connectivity index (χ0) is 14.9. The molecule has 0 unspecified atom stereocenters. The van der Waals surface area contributed by atoms with Gasteiger partial charge in [0.15, 0.2) is 6.61 Å². The maximum Gasteiger partial charge on any atom is 0.262 e. The number of benzene rings is 1. The van der Waals surface area contributed by atoms with Crippen molar-refractivity contribution in [3.05, 3.63) is 18.2 Å². The van der Waals surface area contributed by atoms with E-state index in [9.17, 15) is 13.2 Å². The van der Waals surface area contributed by atoms with Crippen LogP contribution in [0.2, 0.25) is 0 Å². The molecule has 2 aliphatic heterocycles. The molecule has 1 saturated heterocycles. The van der Waals surface area contributed by atoms with Crippen molar-refractivity contribution in [3.8, 4) is 5.75 Å². The fourth-order valence-corrected chi connectivity index (χ4v) is 3.43. The number of hydrogen-bond acceptors (Lipinski definition) is 5. The molecule has 1 aromatic rings. The largest absolute Gasteiger partial charge is 0.482 e. The van der Waals surface area contributed by atoms with E-state index in [4.69, 9.17) is 9.47 Å². The van der Waals surface area contributed by atoms with Gasteiger partial charge in [0.25, 0.3) is 5.91 Å². The summed E-state index contributed by atoms with van der Waals surface area (Å²) >= 11 is 0. The molecule has 114 valence electrons. The molecule has 0 saturated carbocycles. The SMILES string of the molecule is O=C1COc2ccc(S(=O)(=O)NC[C@@H]3CCOC3)cc2N1. The molecule has 0 spiro atoms. The number of fused-ring (bicyclic) bond motifs is 1. The summed E-state index contributed by atoms with van der Waals surface area (Å²) in [5, 5.41) is 2.59. The summed E-state index contributed by atoms with van der Waals surface area (Å²) in [4.78, 5) is 11.4. The Morgan fingerprint density at radius 2 is 2.24 bits per heavy atom.